The Kier molecular flexibility index (Phi) is 8.80. The third-order valence-electron chi connectivity index (χ3n) is 5.27. The largest absolute Gasteiger partial charge is 0.760 e. The van der Waals surface area contributed by atoms with E-state index in [4.69, 9.17) is 4.42 Å². The molecule has 0 aliphatic carbocycles. The van der Waals surface area contributed by atoms with Gasteiger partial charge in [-0.05, 0) is 42.0 Å². The molecule has 0 radical (unpaired) electrons. The number of nitrogens with one attached hydrogen (secondary N) is 1. The topological polar surface area (TPSA) is 98.5 Å². The molecule has 2 aromatic heterocycles. The van der Waals surface area contributed by atoms with Crippen LogP contribution in [0.25, 0.3) is 22.4 Å². The molecule has 1 N–H and O–H groups in total. The first-order chi connectivity index (χ1) is 15.3. The molecule has 3 aromatic rings. The Morgan fingerprint density at radius 2 is 1.97 bits per heavy atom. The average molecular weight is 568 g/mol. The second-order valence-corrected chi connectivity index (χ2v) is 9.78. The number of amides is 1. The van der Waals surface area contributed by atoms with Crippen molar-refractivity contribution < 1.29 is 18.0 Å². The summed E-state index contributed by atoms with van der Waals surface area (Å²) in [4.78, 5) is 17.3. The van der Waals surface area contributed by atoms with E-state index < -0.39 is 11.3 Å². The highest BCUT2D eigenvalue weighted by Crippen LogP contribution is 2.34. The van der Waals surface area contributed by atoms with Gasteiger partial charge < -0.3 is 14.3 Å². The number of carbonyl (C=O) groups is 1. The summed E-state index contributed by atoms with van der Waals surface area (Å²) in [7, 11) is 1.58. The van der Waals surface area contributed by atoms with Gasteiger partial charge in [0, 0.05) is 34.0 Å². The van der Waals surface area contributed by atoms with Gasteiger partial charge in [-0.2, -0.15) is 0 Å². The van der Waals surface area contributed by atoms with E-state index in [1.54, 1.807) is 7.05 Å². The van der Waals surface area contributed by atoms with Crippen LogP contribution in [0.1, 0.15) is 54.2 Å². The Balaban J connectivity index is 2.00. The number of aromatic nitrogens is 1. The van der Waals surface area contributed by atoms with E-state index in [0.29, 0.717) is 34.7 Å². The van der Waals surface area contributed by atoms with E-state index in [1.165, 1.54) is 4.31 Å². The minimum absolute atomic E-state index is 0.159. The lowest BCUT2D eigenvalue weighted by atomic mass is 10.0. The molecule has 32 heavy (non-hydrogen) atoms. The maximum absolute atomic E-state index is 12.7. The van der Waals surface area contributed by atoms with Crippen molar-refractivity contribution >= 4 is 50.9 Å². The minimum Gasteiger partial charge on any atom is -0.760 e. The number of carbonyl (C=O) groups excluding carboxylic acids is 1. The fraction of sp³-hybridized carbons (Fsp3) is 0.391. The van der Waals surface area contributed by atoms with E-state index in [-0.39, 0.29) is 12.5 Å². The van der Waals surface area contributed by atoms with E-state index in [1.807, 2.05) is 37.3 Å². The van der Waals surface area contributed by atoms with Gasteiger partial charge in [-0.3, -0.25) is 9.00 Å². The molecule has 1 unspecified atom stereocenters. The lowest BCUT2D eigenvalue weighted by molar-refractivity contribution is 0.0964. The zero-order chi connectivity index (χ0) is 23.3. The fourth-order valence-electron chi connectivity index (χ4n) is 3.49. The zero-order valence-electron chi connectivity index (χ0n) is 18.4. The number of halogens is 1. The molecule has 3 rings (SSSR count). The zero-order valence-corrected chi connectivity index (χ0v) is 21.4. The number of rotatable bonds is 10. The van der Waals surface area contributed by atoms with Crippen LogP contribution in [0.4, 0.5) is 0 Å². The monoisotopic (exact) mass is 568 g/mol. The Morgan fingerprint density at radius 1 is 1.25 bits per heavy atom. The first-order valence-electron chi connectivity index (χ1n) is 10.6. The van der Waals surface area contributed by atoms with Crippen LogP contribution in [0, 0.1) is 10.5 Å². The Labute approximate surface area is 204 Å². The van der Waals surface area contributed by atoms with E-state index in [9.17, 15) is 13.6 Å². The Hall–Kier alpha value is -1.82. The molecule has 0 aliphatic heterocycles. The summed E-state index contributed by atoms with van der Waals surface area (Å²) >= 11 is -0.213. The van der Waals surface area contributed by atoms with Gasteiger partial charge in [-0.1, -0.05) is 56.0 Å². The summed E-state index contributed by atoms with van der Waals surface area (Å²) in [5.74, 6) is 0.187. The summed E-state index contributed by atoms with van der Waals surface area (Å²) in [5.41, 5.74) is 3.22. The normalized spacial score (nSPS) is 12.4. The SMILES string of the molecule is CCCCCCN(Cc1nc2oc(-c3ccc(C)cc3)c(C(=O)NC)c2cc1I)S(=O)[O-]. The van der Waals surface area contributed by atoms with Gasteiger partial charge >= 0.3 is 0 Å². The molecule has 0 bridgehead atoms. The van der Waals surface area contributed by atoms with Crippen LogP contribution in [0.15, 0.2) is 34.7 Å². The molecule has 9 heteroatoms. The second-order valence-electron chi connectivity index (χ2n) is 7.66. The predicted molar refractivity (Wildman–Crippen MR) is 134 cm³/mol. The van der Waals surface area contributed by atoms with Crippen LogP contribution in [0.5, 0.6) is 0 Å². The number of unbranched alkanes of at least 4 members (excludes halogenated alkanes) is 3. The third-order valence-corrected chi connectivity index (χ3v) is 6.94. The van der Waals surface area contributed by atoms with Crippen molar-refractivity contribution in [2.24, 2.45) is 0 Å². The van der Waals surface area contributed by atoms with Crippen molar-refractivity contribution in [3.8, 4) is 11.3 Å². The van der Waals surface area contributed by atoms with Crippen molar-refractivity contribution in [3.05, 3.63) is 50.7 Å². The fourth-order valence-corrected chi connectivity index (χ4v) is 4.60. The molecule has 0 spiro atoms. The minimum atomic E-state index is -2.35. The highest BCUT2D eigenvalue weighted by atomic mass is 127. The van der Waals surface area contributed by atoms with E-state index in [2.05, 4.69) is 39.8 Å². The van der Waals surface area contributed by atoms with Crippen molar-refractivity contribution in [1.82, 2.24) is 14.6 Å². The molecular formula is C23H27IN3O4S-. The lowest BCUT2D eigenvalue weighted by Crippen LogP contribution is -2.27. The number of furan rings is 1. The molecule has 1 atom stereocenters. The highest BCUT2D eigenvalue weighted by molar-refractivity contribution is 14.1. The predicted octanol–water partition coefficient (Wildman–Crippen LogP) is 4.94. The quantitative estimate of drug-likeness (QED) is 0.212. The number of nitrogens with zero attached hydrogens (tertiary/aromatic N) is 2. The number of fused-ring (bicyclic) bond motifs is 1. The second kappa shape index (κ2) is 11.4. The maximum Gasteiger partial charge on any atom is 0.255 e. The number of hydrogen-bond donors (Lipinski definition) is 1. The maximum atomic E-state index is 12.7. The van der Waals surface area contributed by atoms with Crippen molar-refractivity contribution in [2.45, 2.75) is 46.1 Å². The summed E-state index contributed by atoms with van der Waals surface area (Å²) in [6.07, 6.45) is 3.96. The van der Waals surface area contributed by atoms with Crippen LogP contribution in [-0.4, -0.2) is 37.6 Å². The molecule has 1 amide bonds. The Bertz CT molecular complexity index is 1110. The van der Waals surface area contributed by atoms with Crippen molar-refractivity contribution in [3.63, 3.8) is 0 Å². The van der Waals surface area contributed by atoms with Crippen LogP contribution in [0.2, 0.25) is 0 Å². The van der Waals surface area contributed by atoms with Crippen LogP contribution < -0.4 is 5.32 Å². The van der Waals surface area contributed by atoms with Crippen LogP contribution >= 0.6 is 22.6 Å². The van der Waals surface area contributed by atoms with Gasteiger partial charge in [0.05, 0.1) is 23.2 Å². The van der Waals surface area contributed by atoms with Gasteiger partial charge in [0.15, 0.2) is 0 Å². The smallest absolute Gasteiger partial charge is 0.255 e. The Morgan fingerprint density at radius 3 is 2.59 bits per heavy atom. The highest BCUT2D eigenvalue weighted by Gasteiger charge is 2.24. The standard InChI is InChI=1S/C23H28IN3O4S/c1-4-5-6-7-12-27(32(29)30)14-19-18(24)13-17-20(22(28)25-3)21(31-23(17)26-19)16-10-8-15(2)9-11-16/h8-11,13H,4-7,12,14H2,1-3H3,(H,25,28)(H,29,30)/p-1. The first-order valence-corrected chi connectivity index (χ1v) is 12.7. The van der Waals surface area contributed by atoms with Crippen LogP contribution in [0.3, 0.4) is 0 Å². The first kappa shape index (κ1) is 24.8. The van der Waals surface area contributed by atoms with Gasteiger partial charge in [-0.15, -0.1) is 0 Å². The molecule has 2 heterocycles. The number of pyridine rings is 1. The molecule has 1 aromatic carbocycles. The van der Waals surface area contributed by atoms with Gasteiger partial charge in [0.2, 0.25) is 5.71 Å². The van der Waals surface area contributed by atoms with Crippen molar-refractivity contribution in [1.29, 1.82) is 0 Å². The summed E-state index contributed by atoms with van der Waals surface area (Å²) in [5, 5.41) is 3.28. The molecule has 7 nitrogen and oxygen atoms in total. The number of benzene rings is 1. The van der Waals surface area contributed by atoms with E-state index in [0.717, 1.165) is 40.4 Å². The third kappa shape index (κ3) is 5.75. The van der Waals surface area contributed by atoms with Gasteiger partial charge in [-0.25, -0.2) is 9.29 Å². The molecule has 0 saturated heterocycles. The summed E-state index contributed by atoms with van der Waals surface area (Å²) in [6, 6.07) is 9.57. The number of hydrogen-bond acceptors (Lipinski definition) is 5. The lowest BCUT2D eigenvalue weighted by Gasteiger charge is -2.24. The summed E-state index contributed by atoms with van der Waals surface area (Å²) in [6.45, 7) is 4.72. The number of aryl methyl sites for hydroxylation is 1. The van der Waals surface area contributed by atoms with E-state index >= 15 is 0 Å². The molecule has 0 aliphatic rings. The average Bonchev–Trinajstić information content (AvgIpc) is 3.13. The van der Waals surface area contributed by atoms with Crippen molar-refractivity contribution in [2.75, 3.05) is 13.6 Å². The molecule has 0 fully saturated rings. The molecule has 172 valence electrons. The van der Waals surface area contributed by atoms with Gasteiger partial charge in [0.25, 0.3) is 5.91 Å². The van der Waals surface area contributed by atoms with Gasteiger partial charge in [0.1, 0.15) is 5.76 Å². The molecule has 0 saturated carbocycles. The summed E-state index contributed by atoms with van der Waals surface area (Å²) < 4.78 is 31.7. The van der Waals surface area contributed by atoms with Crippen LogP contribution in [-0.2, 0) is 17.8 Å². The molecular weight excluding hydrogens is 541 g/mol.